The maximum Gasteiger partial charge on any atom is 0.248 e. The maximum absolute atomic E-state index is 5.86. The van der Waals surface area contributed by atoms with E-state index in [2.05, 4.69) is 20.5 Å². The minimum Gasteiger partial charge on any atom is -0.381 e. The van der Waals surface area contributed by atoms with Crippen molar-refractivity contribution in [3.63, 3.8) is 0 Å². The van der Waals surface area contributed by atoms with Crippen LogP contribution in [0.5, 0.6) is 0 Å². The lowest BCUT2D eigenvalue weighted by Gasteiger charge is -2.01. The van der Waals surface area contributed by atoms with Gasteiger partial charge in [-0.3, -0.25) is 0 Å². The van der Waals surface area contributed by atoms with Crippen LogP contribution < -0.4 is 5.73 Å². The third kappa shape index (κ3) is 1.97. The molecule has 2 N–H and O–H groups in total. The number of hydrogen-bond acceptors (Lipinski definition) is 7. The number of hydrogen-bond donors (Lipinski definition) is 1. The first-order valence-corrected chi connectivity index (χ1v) is 7.24. The first-order valence-electron chi connectivity index (χ1n) is 6.36. The number of rotatable bonds is 4. The molecule has 1 aliphatic rings. The standard InChI is InChI=1S/C12H12N6OS/c13-11-10(7-3-4-7)18(17-15-11)6-9-14-12(16-19-9)8-2-1-5-20-8/h1-2,5,7H,3-4,6,13H2. The van der Waals surface area contributed by atoms with Crippen LogP contribution in [0, 0.1) is 0 Å². The lowest BCUT2D eigenvalue weighted by atomic mass is 10.3. The van der Waals surface area contributed by atoms with Crippen LogP contribution in [-0.4, -0.2) is 25.1 Å². The average molecular weight is 288 g/mol. The molecule has 0 saturated heterocycles. The number of anilines is 1. The van der Waals surface area contributed by atoms with E-state index in [-0.39, 0.29) is 0 Å². The van der Waals surface area contributed by atoms with Crippen molar-refractivity contribution in [2.75, 3.05) is 5.73 Å². The van der Waals surface area contributed by atoms with Gasteiger partial charge < -0.3 is 10.3 Å². The molecule has 0 radical (unpaired) electrons. The van der Waals surface area contributed by atoms with Gasteiger partial charge >= 0.3 is 0 Å². The molecule has 0 amide bonds. The molecule has 7 nitrogen and oxygen atoms in total. The van der Waals surface area contributed by atoms with E-state index < -0.39 is 0 Å². The highest BCUT2D eigenvalue weighted by molar-refractivity contribution is 7.13. The smallest absolute Gasteiger partial charge is 0.248 e. The minimum absolute atomic E-state index is 0.411. The summed E-state index contributed by atoms with van der Waals surface area (Å²) in [4.78, 5) is 5.37. The molecule has 0 aliphatic heterocycles. The SMILES string of the molecule is Nc1nnn(Cc2nc(-c3cccs3)no2)c1C1CC1. The second kappa shape index (κ2) is 4.41. The largest absolute Gasteiger partial charge is 0.381 e. The number of thiophene rings is 1. The van der Waals surface area contributed by atoms with Crippen molar-refractivity contribution in [3.8, 4) is 10.7 Å². The highest BCUT2D eigenvalue weighted by Gasteiger charge is 2.31. The van der Waals surface area contributed by atoms with Gasteiger partial charge in [0.2, 0.25) is 11.7 Å². The molecule has 0 spiro atoms. The Balaban J connectivity index is 1.60. The molecule has 1 fully saturated rings. The van der Waals surface area contributed by atoms with E-state index in [1.807, 2.05) is 17.5 Å². The Labute approximate surface area is 118 Å². The highest BCUT2D eigenvalue weighted by atomic mass is 32.1. The molecular formula is C12H12N6OS. The van der Waals surface area contributed by atoms with Gasteiger partial charge in [0.25, 0.3) is 0 Å². The van der Waals surface area contributed by atoms with Gasteiger partial charge in [-0.15, -0.1) is 16.4 Å². The quantitative estimate of drug-likeness (QED) is 0.787. The third-order valence-corrected chi connectivity index (χ3v) is 4.13. The topological polar surface area (TPSA) is 95.7 Å². The Bertz CT molecular complexity index is 727. The third-order valence-electron chi connectivity index (χ3n) is 3.26. The summed E-state index contributed by atoms with van der Waals surface area (Å²) in [5.41, 5.74) is 6.85. The van der Waals surface area contributed by atoms with Crippen LogP contribution in [0.3, 0.4) is 0 Å². The molecule has 0 aromatic carbocycles. The molecule has 20 heavy (non-hydrogen) atoms. The fraction of sp³-hybridized carbons (Fsp3) is 0.333. The Morgan fingerprint density at radius 3 is 3.10 bits per heavy atom. The van der Waals surface area contributed by atoms with Crippen LogP contribution in [0.1, 0.15) is 30.3 Å². The van der Waals surface area contributed by atoms with Crippen molar-refractivity contribution in [3.05, 3.63) is 29.1 Å². The molecule has 4 rings (SSSR count). The summed E-state index contributed by atoms with van der Waals surface area (Å²) < 4.78 is 7.04. The molecule has 0 atom stereocenters. The number of nitrogen functional groups attached to an aromatic ring is 1. The highest BCUT2D eigenvalue weighted by Crippen LogP contribution is 2.42. The van der Waals surface area contributed by atoms with E-state index in [4.69, 9.17) is 10.3 Å². The Kier molecular flexibility index (Phi) is 2.56. The fourth-order valence-corrected chi connectivity index (χ4v) is 2.83. The number of nitrogens with zero attached hydrogens (tertiary/aromatic N) is 5. The normalized spacial score (nSPS) is 14.8. The maximum atomic E-state index is 5.86. The summed E-state index contributed by atoms with van der Waals surface area (Å²) in [6, 6.07) is 3.92. The number of aromatic nitrogens is 5. The summed E-state index contributed by atoms with van der Waals surface area (Å²) in [6.07, 6.45) is 2.28. The fourth-order valence-electron chi connectivity index (χ4n) is 2.18. The van der Waals surface area contributed by atoms with Gasteiger partial charge in [-0.1, -0.05) is 16.4 Å². The van der Waals surface area contributed by atoms with Crippen LogP contribution >= 0.6 is 11.3 Å². The Morgan fingerprint density at radius 2 is 2.35 bits per heavy atom. The van der Waals surface area contributed by atoms with Crippen molar-refractivity contribution in [1.82, 2.24) is 25.1 Å². The van der Waals surface area contributed by atoms with Crippen molar-refractivity contribution in [2.45, 2.75) is 25.3 Å². The molecule has 0 unspecified atom stereocenters. The van der Waals surface area contributed by atoms with Gasteiger partial charge in [-0.25, -0.2) is 4.68 Å². The van der Waals surface area contributed by atoms with Crippen LogP contribution in [0.4, 0.5) is 5.82 Å². The zero-order chi connectivity index (χ0) is 13.5. The average Bonchev–Trinajstić information content (AvgIpc) is 2.88. The summed E-state index contributed by atoms with van der Waals surface area (Å²) in [5.74, 6) is 2.10. The predicted molar refractivity (Wildman–Crippen MR) is 73.1 cm³/mol. The van der Waals surface area contributed by atoms with Crippen molar-refractivity contribution >= 4 is 17.2 Å². The van der Waals surface area contributed by atoms with E-state index >= 15 is 0 Å². The first-order chi connectivity index (χ1) is 9.81. The van der Waals surface area contributed by atoms with E-state index in [1.165, 1.54) is 0 Å². The van der Waals surface area contributed by atoms with Crippen LogP contribution in [0.25, 0.3) is 10.7 Å². The molecule has 3 heterocycles. The Morgan fingerprint density at radius 1 is 1.45 bits per heavy atom. The summed E-state index contributed by atoms with van der Waals surface area (Å²) in [7, 11) is 0. The monoisotopic (exact) mass is 288 g/mol. The molecule has 3 aromatic rings. The molecular weight excluding hydrogens is 276 g/mol. The van der Waals surface area contributed by atoms with Crippen LogP contribution in [0.15, 0.2) is 22.0 Å². The van der Waals surface area contributed by atoms with Crippen molar-refractivity contribution in [1.29, 1.82) is 0 Å². The van der Waals surface area contributed by atoms with Gasteiger partial charge in [-0.2, -0.15) is 4.98 Å². The first kappa shape index (κ1) is 11.6. The molecule has 102 valence electrons. The van der Waals surface area contributed by atoms with E-state index in [1.54, 1.807) is 16.0 Å². The molecule has 1 saturated carbocycles. The van der Waals surface area contributed by atoms with E-state index in [9.17, 15) is 0 Å². The summed E-state index contributed by atoms with van der Waals surface area (Å²) >= 11 is 1.58. The predicted octanol–water partition coefficient (Wildman–Crippen LogP) is 1.90. The van der Waals surface area contributed by atoms with Crippen molar-refractivity contribution < 1.29 is 4.52 Å². The van der Waals surface area contributed by atoms with E-state index in [0.29, 0.717) is 30.0 Å². The molecule has 3 aromatic heterocycles. The second-order valence-corrected chi connectivity index (χ2v) is 5.73. The van der Waals surface area contributed by atoms with Crippen LogP contribution in [-0.2, 0) is 6.54 Å². The van der Waals surface area contributed by atoms with Crippen molar-refractivity contribution in [2.24, 2.45) is 0 Å². The summed E-state index contributed by atoms with van der Waals surface area (Å²) in [5, 5.41) is 14.0. The second-order valence-electron chi connectivity index (χ2n) is 4.78. The zero-order valence-electron chi connectivity index (χ0n) is 10.6. The lowest BCUT2D eigenvalue weighted by molar-refractivity contribution is 0.362. The minimum atomic E-state index is 0.411. The van der Waals surface area contributed by atoms with Gasteiger partial charge in [0, 0.05) is 5.92 Å². The van der Waals surface area contributed by atoms with E-state index in [0.717, 1.165) is 23.4 Å². The van der Waals surface area contributed by atoms with Crippen LogP contribution in [0.2, 0.25) is 0 Å². The van der Waals surface area contributed by atoms with Gasteiger partial charge in [-0.05, 0) is 24.3 Å². The molecule has 0 bridgehead atoms. The summed E-state index contributed by atoms with van der Waals surface area (Å²) in [6.45, 7) is 0.411. The zero-order valence-corrected chi connectivity index (χ0v) is 11.4. The number of nitrogens with two attached hydrogens (primary N) is 1. The van der Waals surface area contributed by atoms with Gasteiger partial charge in [0.1, 0.15) is 6.54 Å². The van der Waals surface area contributed by atoms with Gasteiger partial charge in [0.15, 0.2) is 5.82 Å². The molecule has 1 aliphatic carbocycles. The lowest BCUT2D eigenvalue weighted by Crippen LogP contribution is -2.07. The Hall–Kier alpha value is -2.22. The molecule has 8 heteroatoms. The van der Waals surface area contributed by atoms with Gasteiger partial charge in [0.05, 0.1) is 10.6 Å².